The van der Waals surface area contributed by atoms with Gasteiger partial charge in [0.05, 0.1) is 13.2 Å². The third kappa shape index (κ3) is 4.67. The monoisotopic (exact) mass is 298 g/mol. The van der Waals surface area contributed by atoms with E-state index in [0.717, 1.165) is 6.07 Å². The highest BCUT2D eigenvalue weighted by atomic mass is 32.2. The molecule has 2 N–H and O–H groups in total. The summed E-state index contributed by atoms with van der Waals surface area (Å²) in [4.78, 5) is 0. The van der Waals surface area contributed by atoms with Crippen LogP contribution in [0.5, 0.6) is 0 Å². The fourth-order valence-corrected chi connectivity index (χ4v) is 2.44. The van der Waals surface area contributed by atoms with Crippen molar-refractivity contribution >= 4 is 11.8 Å². The van der Waals surface area contributed by atoms with Crippen molar-refractivity contribution in [2.24, 2.45) is 0 Å². The lowest BCUT2D eigenvalue weighted by atomic mass is 9.79. The second kappa shape index (κ2) is 6.58. The van der Waals surface area contributed by atoms with Crippen LogP contribution in [0.15, 0.2) is 24.3 Å². The van der Waals surface area contributed by atoms with E-state index in [0.29, 0.717) is 5.56 Å². The molecule has 1 aromatic carbocycles. The van der Waals surface area contributed by atoms with Gasteiger partial charge < -0.3 is 10.2 Å². The van der Waals surface area contributed by atoms with E-state index >= 15 is 0 Å². The lowest BCUT2D eigenvalue weighted by Gasteiger charge is -2.30. The SMILES string of the molecule is OCC(CO)(CCSC(F)(F)F)c1cccc(F)c1. The lowest BCUT2D eigenvalue weighted by Crippen LogP contribution is -2.36. The van der Waals surface area contributed by atoms with E-state index in [9.17, 15) is 27.8 Å². The minimum atomic E-state index is -4.36. The quantitative estimate of drug-likeness (QED) is 0.793. The van der Waals surface area contributed by atoms with Crippen molar-refractivity contribution in [1.29, 1.82) is 0 Å². The van der Waals surface area contributed by atoms with E-state index < -0.39 is 30.0 Å². The van der Waals surface area contributed by atoms with Gasteiger partial charge in [-0.3, -0.25) is 0 Å². The predicted octanol–water partition coefficient (Wildman–Crippen LogP) is 2.69. The molecular formula is C12H14F4O2S. The van der Waals surface area contributed by atoms with Crippen LogP contribution < -0.4 is 0 Å². The molecule has 0 aliphatic rings. The standard InChI is InChI=1S/C12H14F4O2S/c13-10-3-1-2-9(6-10)11(7-17,8-18)4-5-19-12(14,15)16/h1-3,6,17-18H,4-5,7-8H2. The fraction of sp³-hybridized carbons (Fsp3) is 0.500. The maximum Gasteiger partial charge on any atom is 0.441 e. The lowest BCUT2D eigenvalue weighted by molar-refractivity contribution is -0.0329. The Morgan fingerprint density at radius 3 is 2.21 bits per heavy atom. The number of hydrogen-bond donors (Lipinski definition) is 2. The molecule has 0 radical (unpaired) electrons. The first-order chi connectivity index (χ1) is 8.83. The summed E-state index contributed by atoms with van der Waals surface area (Å²) in [6.07, 6.45) is -0.104. The molecule has 1 aromatic rings. The third-order valence-corrected chi connectivity index (χ3v) is 3.62. The van der Waals surface area contributed by atoms with Crippen molar-refractivity contribution in [3.05, 3.63) is 35.6 Å². The van der Waals surface area contributed by atoms with Crippen molar-refractivity contribution in [2.45, 2.75) is 17.3 Å². The summed E-state index contributed by atoms with van der Waals surface area (Å²) in [5.74, 6) is -0.881. The molecule has 1 rings (SSSR count). The molecule has 0 saturated heterocycles. The van der Waals surface area contributed by atoms with Gasteiger partial charge in [0.15, 0.2) is 0 Å². The Hall–Kier alpha value is -0.790. The minimum Gasteiger partial charge on any atom is -0.395 e. The molecule has 7 heteroatoms. The molecule has 0 saturated carbocycles. The summed E-state index contributed by atoms with van der Waals surface area (Å²) in [7, 11) is 0. The Kier molecular flexibility index (Phi) is 5.64. The summed E-state index contributed by atoms with van der Waals surface area (Å²) >= 11 is -0.226. The molecule has 2 nitrogen and oxygen atoms in total. The molecule has 0 amide bonds. The van der Waals surface area contributed by atoms with Crippen LogP contribution in [0.25, 0.3) is 0 Å². The van der Waals surface area contributed by atoms with Crippen LogP contribution in [0, 0.1) is 5.82 Å². The number of benzene rings is 1. The van der Waals surface area contributed by atoms with Gasteiger partial charge in [0, 0.05) is 11.2 Å². The summed E-state index contributed by atoms with van der Waals surface area (Å²) in [5.41, 5.74) is -5.33. The van der Waals surface area contributed by atoms with Gasteiger partial charge in [-0.1, -0.05) is 23.9 Å². The molecule has 0 aliphatic heterocycles. The van der Waals surface area contributed by atoms with E-state index in [4.69, 9.17) is 0 Å². The van der Waals surface area contributed by atoms with E-state index in [1.807, 2.05) is 0 Å². The van der Waals surface area contributed by atoms with Crippen LogP contribution in [0.3, 0.4) is 0 Å². The van der Waals surface area contributed by atoms with Crippen molar-refractivity contribution in [2.75, 3.05) is 19.0 Å². The number of rotatable bonds is 6. The molecular weight excluding hydrogens is 284 g/mol. The maximum atomic E-state index is 13.1. The molecule has 0 atom stereocenters. The van der Waals surface area contributed by atoms with Gasteiger partial charge in [-0.15, -0.1) is 0 Å². The summed E-state index contributed by atoms with van der Waals surface area (Å²) in [6, 6.07) is 5.17. The van der Waals surface area contributed by atoms with E-state index in [1.165, 1.54) is 18.2 Å². The normalized spacial score (nSPS) is 12.7. The number of aliphatic hydroxyl groups excluding tert-OH is 2. The molecule has 0 fully saturated rings. The largest absolute Gasteiger partial charge is 0.441 e. The van der Waals surface area contributed by atoms with Crippen LogP contribution in [0.1, 0.15) is 12.0 Å². The molecule has 0 heterocycles. The second-order valence-corrected chi connectivity index (χ2v) is 5.31. The molecule has 0 unspecified atom stereocenters. The highest BCUT2D eigenvalue weighted by Crippen LogP contribution is 2.35. The minimum absolute atomic E-state index is 0.104. The average Bonchev–Trinajstić information content (AvgIpc) is 2.34. The molecule has 0 aromatic heterocycles. The Balaban J connectivity index is 2.85. The smallest absolute Gasteiger partial charge is 0.395 e. The Labute approximate surface area is 112 Å². The Bertz CT molecular complexity index is 405. The third-order valence-electron chi connectivity index (χ3n) is 2.89. The highest BCUT2D eigenvalue weighted by molar-refractivity contribution is 8.00. The predicted molar refractivity (Wildman–Crippen MR) is 65.4 cm³/mol. The van der Waals surface area contributed by atoms with Gasteiger partial charge >= 0.3 is 5.51 Å². The maximum absolute atomic E-state index is 13.1. The van der Waals surface area contributed by atoms with E-state index in [1.54, 1.807) is 0 Å². The van der Waals surface area contributed by atoms with Crippen LogP contribution in [-0.4, -0.2) is 34.7 Å². The van der Waals surface area contributed by atoms with Gasteiger partial charge in [-0.25, -0.2) is 4.39 Å². The Morgan fingerprint density at radius 2 is 1.74 bits per heavy atom. The van der Waals surface area contributed by atoms with Crippen molar-refractivity contribution in [3.8, 4) is 0 Å². The second-order valence-electron chi connectivity index (χ2n) is 4.15. The Morgan fingerprint density at radius 1 is 1.11 bits per heavy atom. The average molecular weight is 298 g/mol. The zero-order valence-electron chi connectivity index (χ0n) is 9.95. The van der Waals surface area contributed by atoms with Crippen molar-refractivity contribution < 1.29 is 27.8 Å². The van der Waals surface area contributed by atoms with Crippen molar-refractivity contribution in [3.63, 3.8) is 0 Å². The molecule has 108 valence electrons. The van der Waals surface area contributed by atoms with E-state index in [-0.39, 0.29) is 23.9 Å². The number of thioether (sulfide) groups is 1. The van der Waals surface area contributed by atoms with Gasteiger partial charge in [0.2, 0.25) is 0 Å². The van der Waals surface area contributed by atoms with Crippen LogP contribution in [0.4, 0.5) is 17.6 Å². The zero-order chi connectivity index (χ0) is 14.5. The fourth-order valence-electron chi connectivity index (χ4n) is 1.72. The topological polar surface area (TPSA) is 40.5 Å². The van der Waals surface area contributed by atoms with E-state index in [2.05, 4.69) is 0 Å². The summed E-state index contributed by atoms with van der Waals surface area (Å²) in [5, 5.41) is 18.8. The molecule has 0 bridgehead atoms. The molecule has 0 spiro atoms. The van der Waals surface area contributed by atoms with Gasteiger partial charge in [-0.2, -0.15) is 13.2 Å². The molecule has 19 heavy (non-hydrogen) atoms. The van der Waals surface area contributed by atoms with Gasteiger partial charge in [0.1, 0.15) is 5.82 Å². The van der Waals surface area contributed by atoms with Crippen LogP contribution >= 0.6 is 11.8 Å². The number of halogens is 4. The highest BCUT2D eigenvalue weighted by Gasteiger charge is 2.34. The van der Waals surface area contributed by atoms with Gasteiger partial charge in [0.25, 0.3) is 0 Å². The zero-order valence-corrected chi connectivity index (χ0v) is 10.8. The van der Waals surface area contributed by atoms with Crippen LogP contribution in [0.2, 0.25) is 0 Å². The van der Waals surface area contributed by atoms with Crippen LogP contribution in [-0.2, 0) is 5.41 Å². The summed E-state index contributed by atoms with van der Waals surface area (Å²) in [6.45, 7) is -1.10. The first-order valence-electron chi connectivity index (χ1n) is 5.51. The number of hydrogen-bond acceptors (Lipinski definition) is 3. The number of aliphatic hydroxyl groups is 2. The summed E-state index contributed by atoms with van der Waals surface area (Å²) < 4.78 is 49.4. The van der Waals surface area contributed by atoms with Crippen molar-refractivity contribution in [1.82, 2.24) is 0 Å². The van der Waals surface area contributed by atoms with Gasteiger partial charge in [-0.05, 0) is 24.1 Å². The first-order valence-corrected chi connectivity index (χ1v) is 6.50. The molecule has 0 aliphatic carbocycles. The number of alkyl halides is 3. The first kappa shape index (κ1) is 16.3.